The van der Waals surface area contributed by atoms with Crippen molar-refractivity contribution in [2.45, 2.75) is 26.4 Å². The molecule has 0 aliphatic heterocycles. The summed E-state index contributed by atoms with van der Waals surface area (Å²) >= 11 is 5.71. The van der Waals surface area contributed by atoms with E-state index in [1.54, 1.807) is 26.1 Å². The molecule has 0 saturated heterocycles. The fraction of sp³-hybridized carbons (Fsp3) is 0.500. The van der Waals surface area contributed by atoms with Crippen LogP contribution in [0, 0.1) is 6.92 Å². The van der Waals surface area contributed by atoms with Gasteiger partial charge in [0, 0.05) is 0 Å². The van der Waals surface area contributed by atoms with E-state index in [4.69, 9.17) is 21.4 Å². The number of hydrogen-bond donors (Lipinski definition) is 1. The third kappa shape index (κ3) is 2.86. The number of halogens is 1. The van der Waals surface area contributed by atoms with Crippen LogP contribution in [0.3, 0.4) is 0 Å². The third-order valence-electron chi connectivity index (χ3n) is 1.80. The van der Waals surface area contributed by atoms with Gasteiger partial charge in [-0.2, -0.15) is 0 Å². The minimum atomic E-state index is -0.597. The second-order valence-corrected chi connectivity index (χ2v) is 4.18. The highest BCUT2D eigenvalue weighted by Gasteiger charge is 2.19. The van der Waals surface area contributed by atoms with Gasteiger partial charge >= 0.3 is 0 Å². The van der Waals surface area contributed by atoms with E-state index in [1.165, 1.54) is 0 Å². The minimum Gasteiger partial charge on any atom is -0.484 e. The van der Waals surface area contributed by atoms with Crippen LogP contribution in [0.25, 0.3) is 0 Å². The SMILES string of the molecule is Cc1cc(Cl)ncc1OC(C)(C)CO. The summed E-state index contributed by atoms with van der Waals surface area (Å²) < 4.78 is 5.57. The molecule has 1 rings (SSSR count). The molecule has 4 heteroatoms. The molecule has 0 bridgehead atoms. The van der Waals surface area contributed by atoms with Crippen LogP contribution in [0.2, 0.25) is 5.15 Å². The van der Waals surface area contributed by atoms with Gasteiger partial charge in [0.25, 0.3) is 0 Å². The minimum absolute atomic E-state index is 0.0466. The van der Waals surface area contributed by atoms with E-state index in [2.05, 4.69) is 4.98 Å². The van der Waals surface area contributed by atoms with E-state index in [0.717, 1.165) is 5.56 Å². The molecule has 0 saturated carbocycles. The summed E-state index contributed by atoms with van der Waals surface area (Å²) in [6.07, 6.45) is 1.56. The molecule has 0 aliphatic rings. The van der Waals surface area contributed by atoms with Crippen molar-refractivity contribution in [2.24, 2.45) is 0 Å². The van der Waals surface area contributed by atoms with E-state index in [0.29, 0.717) is 10.9 Å². The van der Waals surface area contributed by atoms with Gasteiger partial charge in [-0.1, -0.05) is 11.6 Å². The molecule has 1 heterocycles. The standard InChI is InChI=1S/C10H14ClNO2/c1-7-4-9(11)12-5-8(7)14-10(2,3)6-13/h4-5,13H,6H2,1-3H3. The van der Waals surface area contributed by atoms with Crippen LogP contribution in [0.5, 0.6) is 5.75 Å². The maximum absolute atomic E-state index is 9.03. The first kappa shape index (κ1) is 11.3. The zero-order valence-corrected chi connectivity index (χ0v) is 9.30. The van der Waals surface area contributed by atoms with Crippen LogP contribution in [-0.4, -0.2) is 22.3 Å². The van der Waals surface area contributed by atoms with Crippen LogP contribution in [0.1, 0.15) is 19.4 Å². The molecule has 1 aromatic heterocycles. The predicted octanol–water partition coefficient (Wildman–Crippen LogP) is 2.19. The first-order valence-electron chi connectivity index (χ1n) is 4.36. The number of aromatic nitrogens is 1. The van der Waals surface area contributed by atoms with Crippen molar-refractivity contribution >= 4 is 11.6 Å². The van der Waals surface area contributed by atoms with E-state index in [9.17, 15) is 0 Å². The van der Waals surface area contributed by atoms with Crippen molar-refractivity contribution in [3.63, 3.8) is 0 Å². The Morgan fingerprint density at radius 1 is 1.57 bits per heavy atom. The third-order valence-corrected chi connectivity index (χ3v) is 2.00. The normalized spacial score (nSPS) is 11.5. The van der Waals surface area contributed by atoms with Gasteiger partial charge in [0.05, 0.1) is 12.8 Å². The van der Waals surface area contributed by atoms with Crippen LogP contribution in [-0.2, 0) is 0 Å². The monoisotopic (exact) mass is 215 g/mol. The number of nitrogens with zero attached hydrogens (tertiary/aromatic N) is 1. The number of rotatable bonds is 3. The van der Waals surface area contributed by atoms with Crippen molar-refractivity contribution < 1.29 is 9.84 Å². The molecule has 0 atom stereocenters. The lowest BCUT2D eigenvalue weighted by atomic mass is 10.1. The fourth-order valence-electron chi connectivity index (χ4n) is 0.946. The van der Waals surface area contributed by atoms with Crippen molar-refractivity contribution in [2.75, 3.05) is 6.61 Å². The highest BCUT2D eigenvalue weighted by molar-refractivity contribution is 6.29. The Balaban J connectivity index is 2.87. The molecule has 0 aliphatic carbocycles. The summed E-state index contributed by atoms with van der Waals surface area (Å²) in [6.45, 7) is 5.45. The van der Waals surface area contributed by atoms with Crippen LogP contribution < -0.4 is 4.74 Å². The van der Waals surface area contributed by atoms with Crippen LogP contribution >= 0.6 is 11.6 Å². The molecular formula is C10H14ClNO2. The highest BCUT2D eigenvalue weighted by Crippen LogP contribution is 2.23. The van der Waals surface area contributed by atoms with Crippen LogP contribution in [0.4, 0.5) is 0 Å². The molecule has 0 aromatic carbocycles. The maximum atomic E-state index is 9.03. The summed E-state index contributed by atoms with van der Waals surface area (Å²) in [7, 11) is 0. The Hall–Kier alpha value is -0.800. The maximum Gasteiger partial charge on any atom is 0.141 e. The van der Waals surface area contributed by atoms with E-state index in [1.807, 2.05) is 6.92 Å². The molecule has 0 spiro atoms. The molecule has 3 nitrogen and oxygen atoms in total. The summed E-state index contributed by atoms with van der Waals surface area (Å²) in [6, 6.07) is 1.73. The number of aryl methyl sites for hydroxylation is 1. The van der Waals surface area contributed by atoms with Crippen molar-refractivity contribution in [3.8, 4) is 5.75 Å². The number of aliphatic hydroxyl groups is 1. The first-order chi connectivity index (χ1) is 6.44. The van der Waals surface area contributed by atoms with E-state index in [-0.39, 0.29) is 6.61 Å². The Morgan fingerprint density at radius 3 is 2.71 bits per heavy atom. The summed E-state index contributed by atoms with van der Waals surface area (Å²) in [4.78, 5) is 3.92. The predicted molar refractivity (Wildman–Crippen MR) is 55.8 cm³/mol. The first-order valence-corrected chi connectivity index (χ1v) is 4.74. The lowest BCUT2D eigenvalue weighted by molar-refractivity contribution is 0.0403. The average Bonchev–Trinajstić information content (AvgIpc) is 2.10. The van der Waals surface area contributed by atoms with Crippen molar-refractivity contribution in [1.29, 1.82) is 0 Å². The molecular weight excluding hydrogens is 202 g/mol. The zero-order chi connectivity index (χ0) is 10.8. The largest absolute Gasteiger partial charge is 0.484 e. The Kier molecular flexibility index (Phi) is 3.34. The average molecular weight is 216 g/mol. The van der Waals surface area contributed by atoms with Crippen molar-refractivity contribution in [1.82, 2.24) is 4.98 Å². The van der Waals surface area contributed by atoms with Gasteiger partial charge in [-0.3, -0.25) is 0 Å². The Bertz CT molecular complexity index is 326. The van der Waals surface area contributed by atoms with Crippen LogP contribution in [0.15, 0.2) is 12.3 Å². The van der Waals surface area contributed by atoms with Gasteiger partial charge in [-0.05, 0) is 32.4 Å². The van der Waals surface area contributed by atoms with E-state index >= 15 is 0 Å². The summed E-state index contributed by atoms with van der Waals surface area (Å²) in [5.41, 5.74) is 0.312. The summed E-state index contributed by atoms with van der Waals surface area (Å²) in [5.74, 6) is 0.647. The van der Waals surface area contributed by atoms with Gasteiger partial charge < -0.3 is 9.84 Å². The van der Waals surface area contributed by atoms with E-state index < -0.39 is 5.60 Å². The number of aliphatic hydroxyl groups excluding tert-OH is 1. The molecule has 0 radical (unpaired) electrons. The number of hydrogen-bond acceptors (Lipinski definition) is 3. The Morgan fingerprint density at radius 2 is 2.21 bits per heavy atom. The molecule has 1 N–H and O–H groups in total. The van der Waals surface area contributed by atoms with Gasteiger partial charge in [-0.15, -0.1) is 0 Å². The second-order valence-electron chi connectivity index (χ2n) is 3.79. The molecule has 14 heavy (non-hydrogen) atoms. The lowest BCUT2D eigenvalue weighted by Crippen LogP contribution is -2.32. The second kappa shape index (κ2) is 4.15. The van der Waals surface area contributed by atoms with Gasteiger partial charge in [0.1, 0.15) is 16.5 Å². The summed E-state index contributed by atoms with van der Waals surface area (Å²) in [5, 5.41) is 9.47. The quantitative estimate of drug-likeness (QED) is 0.786. The van der Waals surface area contributed by atoms with Gasteiger partial charge in [-0.25, -0.2) is 4.98 Å². The number of pyridine rings is 1. The lowest BCUT2D eigenvalue weighted by Gasteiger charge is -2.24. The Labute approximate surface area is 88.7 Å². The van der Waals surface area contributed by atoms with Gasteiger partial charge in [0.2, 0.25) is 0 Å². The molecule has 78 valence electrons. The van der Waals surface area contributed by atoms with Crippen molar-refractivity contribution in [3.05, 3.63) is 23.0 Å². The fourth-order valence-corrected chi connectivity index (χ4v) is 1.16. The smallest absolute Gasteiger partial charge is 0.141 e. The molecule has 1 aromatic rings. The zero-order valence-electron chi connectivity index (χ0n) is 8.54. The van der Waals surface area contributed by atoms with Gasteiger partial charge in [0.15, 0.2) is 0 Å². The molecule has 0 fully saturated rings. The molecule has 0 unspecified atom stereocenters. The highest BCUT2D eigenvalue weighted by atomic mass is 35.5. The molecule has 0 amide bonds. The topological polar surface area (TPSA) is 42.4 Å². The number of ether oxygens (including phenoxy) is 1.